The summed E-state index contributed by atoms with van der Waals surface area (Å²) in [5, 5.41) is 11.2. The molecule has 1 aromatic heterocycles. The fourth-order valence-electron chi connectivity index (χ4n) is 1.54. The second-order valence-electron chi connectivity index (χ2n) is 3.90. The SMILES string of the molecule is CN(c1ccccc1)c1cnc(NCC(=O)O)cn1. The number of hydrogen-bond donors (Lipinski definition) is 2. The molecule has 1 aromatic carbocycles. The number of benzene rings is 1. The normalized spacial score (nSPS) is 9.95. The molecule has 1 heterocycles. The Morgan fingerprint density at radius 2 is 2.00 bits per heavy atom. The van der Waals surface area contributed by atoms with Crippen molar-refractivity contribution in [3.05, 3.63) is 42.7 Å². The first kappa shape index (κ1) is 12.8. The quantitative estimate of drug-likeness (QED) is 0.850. The van der Waals surface area contributed by atoms with Gasteiger partial charge in [0.25, 0.3) is 0 Å². The number of carboxylic acid groups (broad SMARTS) is 1. The van der Waals surface area contributed by atoms with Crippen LogP contribution in [0.4, 0.5) is 17.3 Å². The zero-order valence-corrected chi connectivity index (χ0v) is 10.4. The van der Waals surface area contributed by atoms with E-state index >= 15 is 0 Å². The van der Waals surface area contributed by atoms with E-state index in [4.69, 9.17) is 5.11 Å². The first-order valence-corrected chi connectivity index (χ1v) is 5.73. The maximum absolute atomic E-state index is 10.4. The molecule has 0 fully saturated rings. The lowest BCUT2D eigenvalue weighted by Gasteiger charge is -2.17. The van der Waals surface area contributed by atoms with Gasteiger partial charge in [0.1, 0.15) is 12.4 Å². The Morgan fingerprint density at radius 1 is 1.26 bits per heavy atom. The molecule has 2 N–H and O–H groups in total. The van der Waals surface area contributed by atoms with Gasteiger partial charge in [0, 0.05) is 12.7 Å². The van der Waals surface area contributed by atoms with Crippen LogP contribution in [0.15, 0.2) is 42.7 Å². The predicted octanol–water partition coefficient (Wildman–Crippen LogP) is 1.74. The van der Waals surface area contributed by atoms with Gasteiger partial charge in [-0.3, -0.25) is 4.79 Å². The second kappa shape index (κ2) is 5.81. The fourth-order valence-corrected chi connectivity index (χ4v) is 1.54. The summed E-state index contributed by atoms with van der Waals surface area (Å²) in [5.74, 6) is 0.187. The van der Waals surface area contributed by atoms with E-state index in [-0.39, 0.29) is 6.54 Å². The molecular formula is C13H14N4O2. The monoisotopic (exact) mass is 258 g/mol. The van der Waals surface area contributed by atoms with Gasteiger partial charge in [-0.05, 0) is 12.1 Å². The molecule has 0 aliphatic rings. The highest BCUT2D eigenvalue weighted by molar-refractivity contribution is 5.72. The van der Waals surface area contributed by atoms with Crippen LogP contribution in [0.3, 0.4) is 0 Å². The van der Waals surface area contributed by atoms with Gasteiger partial charge >= 0.3 is 5.97 Å². The van der Waals surface area contributed by atoms with Crippen LogP contribution in [0.2, 0.25) is 0 Å². The first-order chi connectivity index (χ1) is 9.16. The van der Waals surface area contributed by atoms with Gasteiger partial charge in [0.2, 0.25) is 0 Å². The van der Waals surface area contributed by atoms with Gasteiger partial charge in [-0.15, -0.1) is 0 Å². The van der Waals surface area contributed by atoms with E-state index in [1.54, 1.807) is 6.20 Å². The van der Waals surface area contributed by atoms with Crippen molar-refractivity contribution in [1.82, 2.24) is 9.97 Å². The minimum Gasteiger partial charge on any atom is -0.480 e. The molecule has 0 radical (unpaired) electrons. The topological polar surface area (TPSA) is 78.4 Å². The maximum Gasteiger partial charge on any atom is 0.322 e. The molecule has 0 amide bonds. The average molecular weight is 258 g/mol. The number of carbonyl (C=O) groups is 1. The summed E-state index contributed by atoms with van der Waals surface area (Å²) >= 11 is 0. The number of carboxylic acids is 1. The largest absolute Gasteiger partial charge is 0.480 e. The average Bonchev–Trinajstić information content (AvgIpc) is 2.46. The van der Waals surface area contributed by atoms with Crippen LogP contribution in [-0.2, 0) is 4.79 Å². The Balaban J connectivity index is 2.08. The first-order valence-electron chi connectivity index (χ1n) is 5.73. The standard InChI is InChI=1S/C13H14N4O2/c1-17(10-5-3-2-4-6-10)12-8-14-11(7-16-12)15-9-13(18)19/h2-8H,9H2,1H3,(H,14,15)(H,18,19). The molecule has 0 saturated carbocycles. The van der Waals surface area contributed by atoms with Gasteiger partial charge in [-0.2, -0.15) is 0 Å². The van der Waals surface area contributed by atoms with E-state index < -0.39 is 5.97 Å². The van der Waals surface area contributed by atoms with Crippen molar-refractivity contribution in [3.8, 4) is 0 Å². The van der Waals surface area contributed by atoms with Crippen LogP contribution in [0.1, 0.15) is 0 Å². The second-order valence-corrected chi connectivity index (χ2v) is 3.90. The minimum absolute atomic E-state index is 0.178. The summed E-state index contributed by atoms with van der Waals surface area (Å²) in [6.45, 7) is -0.178. The zero-order valence-electron chi connectivity index (χ0n) is 10.4. The van der Waals surface area contributed by atoms with E-state index in [2.05, 4.69) is 15.3 Å². The Bertz CT molecular complexity index is 542. The molecule has 0 aliphatic carbocycles. The summed E-state index contributed by atoms with van der Waals surface area (Å²) in [4.78, 5) is 20.7. The van der Waals surface area contributed by atoms with Crippen LogP contribution in [0.25, 0.3) is 0 Å². The van der Waals surface area contributed by atoms with Crippen molar-refractivity contribution in [2.45, 2.75) is 0 Å². The summed E-state index contributed by atoms with van der Waals surface area (Å²) in [6, 6.07) is 9.78. The van der Waals surface area contributed by atoms with E-state index in [1.165, 1.54) is 6.20 Å². The van der Waals surface area contributed by atoms with Gasteiger partial charge < -0.3 is 15.3 Å². The molecule has 0 bridgehead atoms. The Labute approximate surface area is 110 Å². The van der Waals surface area contributed by atoms with Crippen molar-refractivity contribution in [3.63, 3.8) is 0 Å². The number of rotatable bonds is 5. The highest BCUT2D eigenvalue weighted by atomic mass is 16.4. The molecule has 0 aliphatic heterocycles. The molecule has 6 nitrogen and oxygen atoms in total. The van der Waals surface area contributed by atoms with Crippen LogP contribution >= 0.6 is 0 Å². The van der Waals surface area contributed by atoms with E-state index in [9.17, 15) is 4.79 Å². The van der Waals surface area contributed by atoms with Crippen molar-refractivity contribution in [2.75, 3.05) is 23.8 Å². The molecule has 0 atom stereocenters. The fraction of sp³-hybridized carbons (Fsp3) is 0.154. The third-order valence-corrected chi connectivity index (χ3v) is 2.55. The van der Waals surface area contributed by atoms with Gasteiger partial charge in [0.15, 0.2) is 5.82 Å². The molecule has 98 valence electrons. The summed E-state index contributed by atoms with van der Waals surface area (Å²) in [7, 11) is 1.89. The van der Waals surface area contributed by atoms with Crippen molar-refractivity contribution >= 4 is 23.3 Å². The third-order valence-electron chi connectivity index (χ3n) is 2.55. The number of nitrogens with one attached hydrogen (secondary N) is 1. The number of anilines is 3. The van der Waals surface area contributed by atoms with Crippen LogP contribution < -0.4 is 10.2 Å². The number of nitrogens with zero attached hydrogens (tertiary/aromatic N) is 3. The lowest BCUT2D eigenvalue weighted by atomic mass is 10.3. The summed E-state index contributed by atoms with van der Waals surface area (Å²) < 4.78 is 0. The van der Waals surface area contributed by atoms with Crippen LogP contribution in [-0.4, -0.2) is 34.6 Å². The number of para-hydroxylation sites is 1. The molecule has 0 spiro atoms. The third kappa shape index (κ3) is 3.41. The molecule has 0 saturated heterocycles. The smallest absolute Gasteiger partial charge is 0.322 e. The zero-order chi connectivity index (χ0) is 13.7. The summed E-state index contributed by atoms with van der Waals surface area (Å²) in [5.41, 5.74) is 1.00. The molecule has 19 heavy (non-hydrogen) atoms. The molecule has 6 heteroatoms. The molecule has 2 rings (SSSR count). The number of aliphatic carboxylic acids is 1. The summed E-state index contributed by atoms with van der Waals surface area (Å²) in [6.07, 6.45) is 3.11. The van der Waals surface area contributed by atoms with Gasteiger partial charge in [-0.1, -0.05) is 18.2 Å². The maximum atomic E-state index is 10.4. The minimum atomic E-state index is -0.938. The van der Waals surface area contributed by atoms with Crippen molar-refractivity contribution < 1.29 is 9.90 Å². The molecule has 2 aromatic rings. The van der Waals surface area contributed by atoms with Crippen molar-refractivity contribution in [2.24, 2.45) is 0 Å². The van der Waals surface area contributed by atoms with E-state index in [1.807, 2.05) is 42.3 Å². The van der Waals surface area contributed by atoms with Gasteiger partial charge in [-0.25, -0.2) is 9.97 Å². The van der Waals surface area contributed by atoms with Gasteiger partial charge in [0.05, 0.1) is 12.4 Å². The Morgan fingerprint density at radius 3 is 2.58 bits per heavy atom. The highest BCUT2D eigenvalue weighted by Crippen LogP contribution is 2.20. The Kier molecular flexibility index (Phi) is 3.92. The highest BCUT2D eigenvalue weighted by Gasteiger charge is 2.05. The van der Waals surface area contributed by atoms with Crippen LogP contribution in [0.5, 0.6) is 0 Å². The number of aromatic nitrogens is 2. The van der Waals surface area contributed by atoms with Crippen LogP contribution in [0, 0.1) is 0 Å². The lowest BCUT2D eigenvalue weighted by Crippen LogP contribution is -2.15. The molecular weight excluding hydrogens is 244 g/mol. The van der Waals surface area contributed by atoms with E-state index in [0.29, 0.717) is 11.6 Å². The lowest BCUT2D eigenvalue weighted by molar-refractivity contribution is -0.134. The molecule has 0 unspecified atom stereocenters. The Hall–Kier alpha value is -2.63. The van der Waals surface area contributed by atoms with E-state index in [0.717, 1.165) is 5.69 Å². The predicted molar refractivity (Wildman–Crippen MR) is 72.7 cm³/mol. The van der Waals surface area contributed by atoms with Crippen molar-refractivity contribution in [1.29, 1.82) is 0 Å². The number of hydrogen-bond acceptors (Lipinski definition) is 5.